The van der Waals surface area contributed by atoms with Gasteiger partial charge >= 0.3 is 0 Å². The van der Waals surface area contributed by atoms with Crippen LogP contribution < -0.4 is 19.5 Å². The molecule has 2 rings (SSSR count). The Kier molecular flexibility index (Phi) is 5.40. The Bertz CT molecular complexity index is 658. The highest BCUT2D eigenvalue weighted by Crippen LogP contribution is 2.40. The van der Waals surface area contributed by atoms with Gasteiger partial charge in [0.15, 0.2) is 11.5 Å². The maximum absolute atomic E-state index is 11.3. The predicted octanol–water partition coefficient (Wildman–Crippen LogP) is 1.44. The zero-order valence-corrected chi connectivity index (χ0v) is 13.5. The van der Waals surface area contributed by atoms with E-state index in [1.165, 1.54) is 21.3 Å². The highest BCUT2D eigenvalue weighted by Gasteiger charge is 2.17. The molecule has 0 bridgehead atoms. The predicted molar refractivity (Wildman–Crippen MR) is 81.8 cm³/mol. The minimum absolute atomic E-state index is 0.0856. The molecular formula is C15H19N3O5. The summed E-state index contributed by atoms with van der Waals surface area (Å²) >= 11 is 0. The lowest BCUT2D eigenvalue weighted by atomic mass is 10.1. The largest absolute Gasteiger partial charge is 0.493 e. The van der Waals surface area contributed by atoms with Crippen molar-refractivity contribution in [3.05, 3.63) is 18.0 Å². The molecule has 23 heavy (non-hydrogen) atoms. The minimum atomic E-state index is -0.0856. The Morgan fingerprint density at radius 1 is 1.17 bits per heavy atom. The lowest BCUT2D eigenvalue weighted by Gasteiger charge is -2.12. The fourth-order valence-corrected chi connectivity index (χ4v) is 2.03. The standard InChI is InChI=1S/C15H19N3O5/c1-16-12(19)5-6-13-17-15(18-23-13)9-7-10(20-2)14(22-4)11(8-9)21-3/h7-8H,5-6H2,1-4H3,(H,16,19). The molecule has 0 atom stereocenters. The van der Waals surface area contributed by atoms with E-state index in [4.69, 9.17) is 18.7 Å². The molecule has 0 aliphatic heterocycles. The molecule has 8 nitrogen and oxygen atoms in total. The number of hydrogen-bond acceptors (Lipinski definition) is 7. The molecule has 0 aliphatic rings. The van der Waals surface area contributed by atoms with Crippen molar-refractivity contribution in [3.63, 3.8) is 0 Å². The summed E-state index contributed by atoms with van der Waals surface area (Å²) in [7, 11) is 6.18. The maximum Gasteiger partial charge on any atom is 0.227 e. The van der Waals surface area contributed by atoms with E-state index < -0.39 is 0 Å². The van der Waals surface area contributed by atoms with Gasteiger partial charge in [0.1, 0.15) is 0 Å². The van der Waals surface area contributed by atoms with Crippen LogP contribution in [0.25, 0.3) is 11.4 Å². The molecule has 1 amide bonds. The molecule has 0 radical (unpaired) electrons. The minimum Gasteiger partial charge on any atom is -0.493 e. The second-order valence-corrected chi connectivity index (χ2v) is 4.60. The number of aromatic nitrogens is 2. The first-order valence-electron chi connectivity index (χ1n) is 6.96. The number of carbonyl (C=O) groups excluding carboxylic acids is 1. The SMILES string of the molecule is CNC(=O)CCc1nc(-c2cc(OC)c(OC)c(OC)c2)no1. The summed E-state index contributed by atoms with van der Waals surface area (Å²) in [6, 6.07) is 3.46. The van der Waals surface area contributed by atoms with Crippen molar-refractivity contribution in [2.45, 2.75) is 12.8 Å². The van der Waals surface area contributed by atoms with Crippen LogP contribution in [0.1, 0.15) is 12.3 Å². The topological polar surface area (TPSA) is 95.7 Å². The Balaban J connectivity index is 2.28. The summed E-state index contributed by atoms with van der Waals surface area (Å²) in [5.74, 6) is 2.17. The number of benzene rings is 1. The van der Waals surface area contributed by atoms with Crippen LogP contribution in [0.3, 0.4) is 0 Å². The summed E-state index contributed by atoms with van der Waals surface area (Å²) in [6.45, 7) is 0. The number of ether oxygens (including phenoxy) is 3. The lowest BCUT2D eigenvalue weighted by Crippen LogP contribution is -2.17. The molecule has 0 aliphatic carbocycles. The molecule has 1 aromatic carbocycles. The molecule has 2 aromatic rings. The summed E-state index contributed by atoms with van der Waals surface area (Å²) in [6.07, 6.45) is 0.657. The second-order valence-electron chi connectivity index (χ2n) is 4.60. The van der Waals surface area contributed by atoms with Gasteiger partial charge in [0.2, 0.25) is 23.4 Å². The number of methoxy groups -OCH3 is 3. The van der Waals surface area contributed by atoms with Gasteiger partial charge in [0.25, 0.3) is 0 Å². The molecule has 0 saturated carbocycles. The summed E-state index contributed by atoms with van der Waals surface area (Å²) in [5.41, 5.74) is 0.662. The van der Waals surface area contributed by atoms with E-state index in [9.17, 15) is 4.79 Å². The molecule has 1 aromatic heterocycles. The van der Waals surface area contributed by atoms with Crippen molar-refractivity contribution in [2.75, 3.05) is 28.4 Å². The summed E-state index contributed by atoms with van der Waals surface area (Å²) < 4.78 is 21.0. The van der Waals surface area contributed by atoms with Gasteiger partial charge in [-0.15, -0.1) is 0 Å². The van der Waals surface area contributed by atoms with Gasteiger partial charge in [0.05, 0.1) is 21.3 Å². The van der Waals surface area contributed by atoms with Crippen LogP contribution in [0.4, 0.5) is 0 Å². The molecule has 1 N–H and O–H groups in total. The van der Waals surface area contributed by atoms with Gasteiger partial charge in [-0.2, -0.15) is 4.98 Å². The Labute approximate surface area is 133 Å². The van der Waals surface area contributed by atoms with Gasteiger partial charge in [-0.05, 0) is 12.1 Å². The third-order valence-corrected chi connectivity index (χ3v) is 3.24. The average Bonchev–Trinajstić information content (AvgIpc) is 3.07. The highest BCUT2D eigenvalue weighted by molar-refractivity contribution is 5.75. The first kappa shape index (κ1) is 16.6. The number of nitrogens with one attached hydrogen (secondary N) is 1. The van der Waals surface area contributed by atoms with Gasteiger partial charge in [-0.25, -0.2) is 0 Å². The zero-order valence-electron chi connectivity index (χ0n) is 13.5. The van der Waals surface area contributed by atoms with Crippen molar-refractivity contribution >= 4 is 5.91 Å². The van der Waals surface area contributed by atoms with Crippen LogP contribution >= 0.6 is 0 Å². The highest BCUT2D eigenvalue weighted by atomic mass is 16.5. The lowest BCUT2D eigenvalue weighted by molar-refractivity contribution is -0.120. The van der Waals surface area contributed by atoms with E-state index in [1.54, 1.807) is 19.2 Å². The summed E-state index contributed by atoms with van der Waals surface area (Å²) in [4.78, 5) is 15.5. The maximum atomic E-state index is 11.3. The van der Waals surface area contributed by atoms with Gasteiger partial charge < -0.3 is 24.1 Å². The molecule has 8 heteroatoms. The number of carbonyl (C=O) groups is 1. The van der Waals surface area contributed by atoms with Crippen LogP contribution in [0.15, 0.2) is 16.7 Å². The fourth-order valence-electron chi connectivity index (χ4n) is 2.03. The van der Waals surface area contributed by atoms with Crippen molar-refractivity contribution in [2.24, 2.45) is 0 Å². The van der Waals surface area contributed by atoms with E-state index in [0.717, 1.165) is 0 Å². The van der Waals surface area contributed by atoms with Gasteiger partial charge in [0, 0.05) is 25.5 Å². The average molecular weight is 321 g/mol. The van der Waals surface area contributed by atoms with Gasteiger partial charge in [-0.3, -0.25) is 4.79 Å². The number of hydrogen-bond donors (Lipinski definition) is 1. The normalized spacial score (nSPS) is 10.3. The quantitative estimate of drug-likeness (QED) is 0.824. The monoisotopic (exact) mass is 321 g/mol. The van der Waals surface area contributed by atoms with Crippen molar-refractivity contribution in [1.82, 2.24) is 15.5 Å². The first-order chi connectivity index (χ1) is 11.1. The van der Waals surface area contributed by atoms with Crippen LogP contribution in [0, 0.1) is 0 Å². The van der Waals surface area contributed by atoms with E-state index in [0.29, 0.717) is 40.9 Å². The Morgan fingerprint density at radius 2 is 1.83 bits per heavy atom. The fraction of sp³-hybridized carbons (Fsp3) is 0.400. The number of amides is 1. The molecule has 0 fully saturated rings. The Morgan fingerprint density at radius 3 is 2.35 bits per heavy atom. The van der Waals surface area contributed by atoms with Crippen molar-refractivity contribution in [1.29, 1.82) is 0 Å². The molecule has 0 saturated heterocycles. The van der Waals surface area contributed by atoms with Crippen LogP contribution in [0.5, 0.6) is 17.2 Å². The first-order valence-corrected chi connectivity index (χ1v) is 6.96. The van der Waals surface area contributed by atoms with Crippen LogP contribution in [0.2, 0.25) is 0 Å². The van der Waals surface area contributed by atoms with E-state index in [1.807, 2.05) is 0 Å². The molecular weight excluding hydrogens is 302 g/mol. The Hall–Kier alpha value is -2.77. The number of nitrogens with zero attached hydrogens (tertiary/aromatic N) is 2. The van der Waals surface area contributed by atoms with E-state index in [2.05, 4.69) is 15.5 Å². The van der Waals surface area contributed by atoms with E-state index >= 15 is 0 Å². The summed E-state index contributed by atoms with van der Waals surface area (Å²) in [5, 5.41) is 6.47. The zero-order chi connectivity index (χ0) is 16.8. The van der Waals surface area contributed by atoms with Crippen LogP contribution in [-0.4, -0.2) is 44.4 Å². The van der Waals surface area contributed by atoms with Crippen molar-refractivity contribution in [3.8, 4) is 28.6 Å². The third kappa shape index (κ3) is 3.71. The van der Waals surface area contributed by atoms with Gasteiger partial charge in [-0.1, -0.05) is 5.16 Å². The molecule has 0 unspecified atom stereocenters. The molecule has 1 heterocycles. The molecule has 124 valence electrons. The van der Waals surface area contributed by atoms with E-state index in [-0.39, 0.29) is 12.3 Å². The molecule has 0 spiro atoms. The third-order valence-electron chi connectivity index (χ3n) is 3.24. The second kappa shape index (κ2) is 7.48. The van der Waals surface area contributed by atoms with Crippen LogP contribution in [-0.2, 0) is 11.2 Å². The van der Waals surface area contributed by atoms with Crippen molar-refractivity contribution < 1.29 is 23.5 Å². The smallest absolute Gasteiger partial charge is 0.227 e. The number of aryl methyl sites for hydroxylation is 1. The number of rotatable bonds is 7.